The largest absolute Gasteiger partial charge is 0.497 e. The zero-order valence-electron chi connectivity index (χ0n) is 18.2. The Morgan fingerprint density at radius 3 is 2.12 bits per heavy atom. The van der Waals surface area contributed by atoms with E-state index in [0.29, 0.717) is 48.9 Å². The molecule has 7 nitrogen and oxygen atoms in total. The van der Waals surface area contributed by atoms with E-state index in [9.17, 15) is 9.59 Å². The van der Waals surface area contributed by atoms with E-state index in [-0.39, 0.29) is 17.9 Å². The van der Waals surface area contributed by atoms with Gasteiger partial charge in [-0.3, -0.25) is 14.5 Å². The van der Waals surface area contributed by atoms with Gasteiger partial charge in [0.1, 0.15) is 5.75 Å². The van der Waals surface area contributed by atoms with Gasteiger partial charge in [-0.15, -0.1) is 0 Å². The zero-order chi connectivity index (χ0) is 22.5. The Morgan fingerprint density at radius 2 is 1.50 bits per heavy atom. The molecule has 2 fully saturated rings. The van der Waals surface area contributed by atoms with Crippen LogP contribution in [0.15, 0.2) is 48.5 Å². The molecule has 0 radical (unpaired) electrons. The van der Waals surface area contributed by atoms with E-state index < -0.39 is 0 Å². The van der Waals surface area contributed by atoms with Crippen molar-refractivity contribution < 1.29 is 19.1 Å². The predicted octanol–water partition coefficient (Wildman–Crippen LogP) is 2.65. The molecule has 2 heterocycles. The minimum atomic E-state index is -0.0381. The van der Waals surface area contributed by atoms with Crippen LogP contribution in [0.4, 0.5) is 0 Å². The van der Waals surface area contributed by atoms with Crippen LogP contribution in [-0.4, -0.2) is 92.1 Å². The third kappa shape index (κ3) is 5.41. The van der Waals surface area contributed by atoms with Crippen molar-refractivity contribution in [2.75, 3.05) is 59.5 Å². The normalized spacial score (nSPS) is 19.6. The van der Waals surface area contributed by atoms with Crippen LogP contribution in [0, 0.1) is 0 Å². The lowest BCUT2D eigenvalue weighted by Gasteiger charge is -2.39. The highest BCUT2D eigenvalue weighted by molar-refractivity contribution is 6.30. The number of halogens is 1. The number of carbonyl (C=O) groups excluding carboxylic acids is 2. The lowest BCUT2D eigenvalue weighted by molar-refractivity contribution is -0.0399. The lowest BCUT2D eigenvalue weighted by Crippen LogP contribution is -2.54. The Kier molecular flexibility index (Phi) is 7.29. The first-order chi connectivity index (χ1) is 15.5. The summed E-state index contributed by atoms with van der Waals surface area (Å²) in [7, 11) is 1.61. The summed E-state index contributed by atoms with van der Waals surface area (Å²) < 4.78 is 11.1. The summed E-state index contributed by atoms with van der Waals surface area (Å²) in [5, 5.41) is 0.617. The maximum atomic E-state index is 12.8. The number of ether oxygens (including phenoxy) is 2. The molecule has 4 rings (SSSR count). The topological polar surface area (TPSA) is 62.3 Å². The molecular formula is C24H28ClN3O4. The van der Waals surface area contributed by atoms with Gasteiger partial charge in [0.25, 0.3) is 11.8 Å². The van der Waals surface area contributed by atoms with Crippen LogP contribution in [0.1, 0.15) is 20.7 Å². The second-order valence-corrected chi connectivity index (χ2v) is 8.51. The first-order valence-electron chi connectivity index (χ1n) is 10.9. The van der Waals surface area contributed by atoms with Gasteiger partial charge < -0.3 is 19.3 Å². The molecule has 2 aromatic carbocycles. The number of piperazine rings is 1. The number of morpholine rings is 1. The maximum Gasteiger partial charge on any atom is 0.254 e. The van der Waals surface area contributed by atoms with E-state index in [1.54, 1.807) is 55.6 Å². The molecule has 1 atom stereocenters. The van der Waals surface area contributed by atoms with E-state index in [4.69, 9.17) is 21.1 Å². The summed E-state index contributed by atoms with van der Waals surface area (Å²) in [6, 6.07) is 14.2. The quantitative estimate of drug-likeness (QED) is 0.690. The number of rotatable bonds is 5. The fraction of sp³-hybridized carbons (Fsp3) is 0.417. The number of nitrogens with zero attached hydrogens (tertiary/aromatic N) is 3. The van der Waals surface area contributed by atoms with E-state index in [0.717, 1.165) is 25.4 Å². The molecular weight excluding hydrogens is 430 g/mol. The molecule has 1 unspecified atom stereocenters. The van der Waals surface area contributed by atoms with Crippen molar-refractivity contribution in [3.8, 4) is 5.75 Å². The first kappa shape index (κ1) is 22.6. The van der Waals surface area contributed by atoms with Crippen molar-refractivity contribution in [2.24, 2.45) is 0 Å². The minimum absolute atomic E-state index is 0.00451. The Hall–Kier alpha value is -2.61. The Balaban J connectivity index is 1.26. The molecule has 2 saturated heterocycles. The molecule has 2 aliphatic rings. The van der Waals surface area contributed by atoms with E-state index in [2.05, 4.69) is 4.90 Å². The van der Waals surface area contributed by atoms with Crippen molar-refractivity contribution in [3.05, 3.63) is 64.7 Å². The predicted molar refractivity (Wildman–Crippen MR) is 122 cm³/mol. The number of hydrogen-bond acceptors (Lipinski definition) is 5. The van der Waals surface area contributed by atoms with Crippen LogP contribution >= 0.6 is 11.6 Å². The standard InChI is InChI=1S/C24H28ClN3O4/c1-31-21-8-4-19(5-9-21)23(29)27-12-10-26(11-13-27)16-22-17-28(14-15-32-22)24(30)18-2-6-20(25)7-3-18/h2-9,22H,10-17H2,1H3. The molecule has 2 aliphatic heterocycles. The van der Waals surface area contributed by atoms with Crippen LogP contribution < -0.4 is 4.74 Å². The summed E-state index contributed by atoms with van der Waals surface area (Å²) in [5.74, 6) is 0.785. The van der Waals surface area contributed by atoms with E-state index >= 15 is 0 Å². The highest BCUT2D eigenvalue weighted by atomic mass is 35.5. The Morgan fingerprint density at radius 1 is 0.906 bits per heavy atom. The van der Waals surface area contributed by atoms with Gasteiger partial charge in [-0.2, -0.15) is 0 Å². The molecule has 0 spiro atoms. The molecule has 0 bridgehead atoms. The van der Waals surface area contributed by atoms with Gasteiger partial charge in [-0.05, 0) is 48.5 Å². The lowest BCUT2D eigenvalue weighted by atomic mass is 10.1. The highest BCUT2D eigenvalue weighted by Crippen LogP contribution is 2.17. The van der Waals surface area contributed by atoms with Crippen molar-refractivity contribution in [1.82, 2.24) is 14.7 Å². The van der Waals surface area contributed by atoms with Gasteiger partial charge in [0.05, 0.1) is 19.8 Å². The third-order valence-electron chi connectivity index (χ3n) is 5.98. The molecule has 8 heteroatoms. The second kappa shape index (κ2) is 10.3. The van der Waals surface area contributed by atoms with E-state index in [1.807, 2.05) is 9.80 Å². The molecule has 0 aromatic heterocycles. The molecule has 2 aromatic rings. The maximum absolute atomic E-state index is 12.8. The molecule has 170 valence electrons. The average Bonchev–Trinajstić information content (AvgIpc) is 2.84. The van der Waals surface area contributed by atoms with Crippen LogP contribution in [0.25, 0.3) is 0 Å². The molecule has 0 saturated carbocycles. The van der Waals surface area contributed by atoms with Crippen molar-refractivity contribution >= 4 is 23.4 Å². The summed E-state index contributed by atoms with van der Waals surface area (Å²) in [4.78, 5) is 31.6. The summed E-state index contributed by atoms with van der Waals surface area (Å²) in [6.07, 6.45) is -0.0381. The van der Waals surface area contributed by atoms with Crippen molar-refractivity contribution in [2.45, 2.75) is 6.10 Å². The monoisotopic (exact) mass is 457 g/mol. The number of benzene rings is 2. The van der Waals surface area contributed by atoms with Gasteiger partial charge in [-0.25, -0.2) is 0 Å². The Labute approximate surface area is 193 Å². The molecule has 0 aliphatic carbocycles. The smallest absolute Gasteiger partial charge is 0.254 e. The van der Waals surface area contributed by atoms with Crippen LogP contribution in [0.5, 0.6) is 5.75 Å². The fourth-order valence-corrected chi connectivity index (χ4v) is 4.25. The summed E-state index contributed by atoms with van der Waals surface area (Å²) >= 11 is 5.93. The van der Waals surface area contributed by atoms with Gasteiger partial charge in [0, 0.05) is 62.0 Å². The van der Waals surface area contributed by atoms with Crippen LogP contribution in [0.2, 0.25) is 5.02 Å². The molecule has 32 heavy (non-hydrogen) atoms. The SMILES string of the molecule is COc1ccc(C(=O)N2CCN(CC3CN(C(=O)c4ccc(Cl)cc4)CCO3)CC2)cc1. The minimum Gasteiger partial charge on any atom is -0.497 e. The Bertz CT molecular complexity index is 927. The third-order valence-corrected chi connectivity index (χ3v) is 6.23. The van der Waals surface area contributed by atoms with Crippen molar-refractivity contribution in [3.63, 3.8) is 0 Å². The zero-order valence-corrected chi connectivity index (χ0v) is 19.0. The molecule has 0 N–H and O–H groups in total. The van der Waals surface area contributed by atoms with Crippen molar-refractivity contribution in [1.29, 1.82) is 0 Å². The number of hydrogen-bond donors (Lipinski definition) is 0. The van der Waals surface area contributed by atoms with Crippen LogP contribution in [-0.2, 0) is 4.74 Å². The van der Waals surface area contributed by atoms with E-state index in [1.165, 1.54) is 0 Å². The second-order valence-electron chi connectivity index (χ2n) is 8.07. The number of carbonyl (C=O) groups is 2. The summed E-state index contributed by atoms with van der Waals surface area (Å²) in [5.41, 5.74) is 1.31. The first-order valence-corrected chi connectivity index (χ1v) is 11.2. The number of methoxy groups -OCH3 is 1. The fourth-order valence-electron chi connectivity index (χ4n) is 4.13. The van der Waals surface area contributed by atoms with Gasteiger partial charge in [-0.1, -0.05) is 11.6 Å². The average molecular weight is 458 g/mol. The highest BCUT2D eigenvalue weighted by Gasteiger charge is 2.29. The molecule has 2 amide bonds. The van der Waals surface area contributed by atoms with Gasteiger partial charge in [0.2, 0.25) is 0 Å². The van der Waals surface area contributed by atoms with Gasteiger partial charge in [0.15, 0.2) is 0 Å². The van der Waals surface area contributed by atoms with Crippen LogP contribution in [0.3, 0.4) is 0 Å². The number of amides is 2. The van der Waals surface area contributed by atoms with Gasteiger partial charge >= 0.3 is 0 Å². The summed E-state index contributed by atoms with van der Waals surface area (Å²) in [6.45, 7) is 5.33.